The van der Waals surface area contributed by atoms with Crippen molar-refractivity contribution < 1.29 is 0 Å². The highest BCUT2D eigenvalue weighted by Gasteiger charge is 2.30. The van der Waals surface area contributed by atoms with E-state index in [1.54, 1.807) is 0 Å². The van der Waals surface area contributed by atoms with E-state index in [0.29, 0.717) is 0 Å². The van der Waals surface area contributed by atoms with Crippen LogP contribution in [0, 0.1) is 0 Å². The third kappa shape index (κ3) is 8.65. The zero-order chi connectivity index (χ0) is 71.4. The maximum absolute atomic E-state index is 3.63. The number of halogens is 2. The molecule has 1 N–H and O–H groups in total. The highest BCUT2D eigenvalue weighted by Crippen LogP contribution is 2.55. The number of hydrogen-bond donors (Lipinski definition) is 1. The van der Waals surface area contributed by atoms with Gasteiger partial charge in [0.05, 0.1) is 49.7 Å². The van der Waals surface area contributed by atoms with Gasteiger partial charge in [-0.2, -0.15) is 0 Å². The number of rotatable bonds is 4. The lowest BCUT2D eigenvalue weighted by molar-refractivity contribution is 1.16. The number of benzene rings is 18. The average molecular weight is 1510 g/mol. The molecule has 109 heavy (non-hydrogen) atoms. The quantitative estimate of drug-likeness (QED) is 0.182. The molecule has 5 aromatic heterocycles. The van der Waals surface area contributed by atoms with Crippen molar-refractivity contribution in [2.75, 3.05) is 0 Å². The van der Waals surface area contributed by atoms with Gasteiger partial charge in [0.25, 0.3) is 0 Å². The molecule has 18 aromatic carbocycles. The van der Waals surface area contributed by atoms with Gasteiger partial charge in [0.1, 0.15) is 0 Å². The summed E-state index contributed by atoms with van der Waals surface area (Å²) >= 11 is 7.16. The zero-order valence-corrected chi connectivity index (χ0v) is 61.7. The second-order valence-corrected chi connectivity index (χ2v) is 31.1. The van der Waals surface area contributed by atoms with E-state index in [9.17, 15) is 0 Å². The Morgan fingerprint density at radius 3 is 0.954 bits per heavy atom. The minimum absolute atomic E-state index is 1.10. The van der Waals surface area contributed by atoms with Gasteiger partial charge in [-0.05, 0) is 216 Å². The lowest BCUT2D eigenvalue weighted by Crippen LogP contribution is -1.96. The number of aromatic nitrogens is 5. The van der Waals surface area contributed by atoms with Crippen LogP contribution in [0.2, 0.25) is 0 Å². The van der Waals surface area contributed by atoms with Crippen LogP contribution in [0.25, 0.3) is 231 Å². The Kier molecular flexibility index (Phi) is 12.9. The topological polar surface area (TPSA) is 35.5 Å². The molecule has 0 atom stereocenters. The number of hydrogen-bond acceptors (Lipinski definition) is 0. The van der Waals surface area contributed by atoms with Crippen molar-refractivity contribution in [1.29, 1.82) is 0 Å². The van der Waals surface area contributed by atoms with Crippen LogP contribution >= 0.6 is 31.9 Å². The van der Waals surface area contributed by atoms with Gasteiger partial charge in [-0.3, -0.25) is 0 Å². The molecule has 5 nitrogen and oxygen atoms in total. The van der Waals surface area contributed by atoms with Crippen LogP contribution < -0.4 is 0 Å². The monoisotopic (exact) mass is 1510 g/mol. The molecule has 0 saturated heterocycles. The van der Waals surface area contributed by atoms with Crippen molar-refractivity contribution in [3.8, 4) is 89.5 Å². The van der Waals surface area contributed by atoms with E-state index in [2.05, 4.69) is 401 Å². The number of para-hydroxylation sites is 5. The molecular weight excluding hydrogens is 1450 g/mol. The van der Waals surface area contributed by atoms with Crippen LogP contribution in [-0.4, -0.2) is 23.3 Å². The number of nitrogens with zero attached hydrogens (tertiary/aromatic N) is 4. The van der Waals surface area contributed by atoms with Crippen LogP contribution in [0.1, 0.15) is 0 Å². The molecule has 0 radical (unpaired) electrons. The summed E-state index contributed by atoms with van der Waals surface area (Å²) in [6.45, 7) is 0. The first kappa shape index (κ1) is 60.9. The Balaban J connectivity index is 0.000000128. The molecule has 3 aliphatic carbocycles. The molecule has 0 unspecified atom stereocenters. The highest BCUT2D eigenvalue weighted by atomic mass is 79.9. The van der Waals surface area contributed by atoms with Gasteiger partial charge in [0.15, 0.2) is 0 Å². The van der Waals surface area contributed by atoms with Gasteiger partial charge in [-0.25, -0.2) is 0 Å². The van der Waals surface area contributed by atoms with E-state index >= 15 is 0 Å². The maximum atomic E-state index is 3.63. The van der Waals surface area contributed by atoms with E-state index in [1.807, 2.05) is 6.07 Å². The van der Waals surface area contributed by atoms with Gasteiger partial charge in [-0.1, -0.05) is 250 Å². The summed E-state index contributed by atoms with van der Waals surface area (Å²) in [5.74, 6) is 0. The first-order chi connectivity index (χ1) is 53.9. The fraction of sp³-hybridized carbons (Fsp3) is 0. The largest absolute Gasteiger partial charge is 0.354 e. The van der Waals surface area contributed by atoms with Gasteiger partial charge < -0.3 is 23.3 Å². The molecule has 0 amide bonds. The minimum Gasteiger partial charge on any atom is -0.354 e. The Bertz CT molecular complexity index is 7610. The Labute approximate surface area is 641 Å². The Morgan fingerprint density at radius 2 is 0.505 bits per heavy atom. The molecule has 506 valence electrons. The molecule has 7 heteroatoms. The number of H-pyrrole nitrogens is 1. The van der Waals surface area contributed by atoms with E-state index in [0.717, 1.165) is 26.0 Å². The molecular formula is C102H59Br2N5. The van der Waals surface area contributed by atoms with E-state index < -0.39 is 0 Å². The van der Waals surface area contributed by atoms with Gasteiger partial charge in [0.2, 0.25) is 0 Å². The van der Waals surface area contributed by atoms with Crippen molar-refractivity contribution >= 4 is 173 Å². The fourth-order valence-electron chi connectivity index (χ4n) is 19.3. The average Bonchev–Trinajstić information content (AvgIpc) is 1.55. The van der Waals surface area contributed by atoms with Crippen LogP contribution in [-0.2, 0) is 0 Å². The van der Waals surface area contributed by atoms with Gasteiger partial charge in [-0.15, -0.1) is 0 Å². The maximum Gasteiger partial charge on any atom is 0.0620 e. The van der Waals surface area contributed by atoms with Gasteiger partial charge in [0, 0.05) is 107 Å². The first-order valence-electron chi connectivity index (χ1n) is 37.3. The van der Waals surface area contributed by atoms with Crippen molar-refractivity contribution in [3.05, 3.63) is 361 Å². The molecule has 0 saturated carbocycles. The fourth-order valence-corrected chi connectivity index (χ4v) is 20.0. The smallest absolute Gasteiger partial charge is 0.0620 e. The Morgan fingerprint density at radius 1 is 0.183 bits per heavy atom. The summed E-state index contributed by atoms with van der Waals surface area (Å²) in [5, 5.41) is 20.6. The predicted molar refractivity (Wildman–Crippen MR) is 467 cm³/mol. The van der Waals surface area contributed by atoms with E-state index in [-0.39, 0.29) is 0 Å². The van der Waals surface area contributed by atoms with Crippen molar-refractivity contribution in [2.45, 2.75) is 0 Å². The molecule has 3 aliphatic rings. The lowest BCUT2D eigenvalue weighted by Gasteiger charge is -2.12. The summed E-state index contributed by atoms with van der Waals surface area (Å²) in [5.41, 5.74) is 32.8. The standard InChI is InChI=1S/C62H35N3.C22H13N.C18H11Br2N/c1-2-14-36(15-3-1)63-57-30-28-37(64-55-26-10-8-20-43(55)53-34-51-41-18-6-4-16-39(41)45-22-12-24-47(59(45)51)61(53)64)32-49(57)50-33-38(29-31-58(50)63)65-56-27-11-9-21-44(56)54-35-52-42-19-7-5-17-40(42)46-23-13-25-48(60(46)52)62(54)65;1-2-7-14-13(6-1)16-9-5-10-17-21(16)18(14)12-19-15-8-3-4-11-20(15)23-22(17)19;19-12-6-8-17-15(10-12)16-11-13(20)7-9-18(16)21(17)14-4-2-1-3-5-14/h1-35H;1-12,23H;1-11H. The Hall–Kier alpha value is -13.3. The van der Waals surface area contributed by atoms with Crippen LogP contribution in [0.4, 0.5) is 0 Å². The second-order valence-electron chi connectivity index (χ2n) is 29.3. The molecule has 0 spiro atoms. The summed E-state index contributed by atoms with van der Waals surface area (Å²) in [7, 11) is 0. The summed E-state index contributed by atoms with van der Waals surface area (Å²) in [4.78, 5) is 3.63. The third-order valence-corrected chi connectivity index (χ3v) is 24.7. The molecule has 0 aliphatic heterocycles. The SMILES string of the molecule is Brc1ccc2c(c1)c1cc(Br)ccc1n2-c1ccccc1.c1ccc(-n2c3ccc(-n4c5ccccc5c5cc6c7c(cccc7c54)-c4ccccc4-6)cc3c3cc(-n4c5ccccc5c5cc6c7c(cccc7c54)-c4ccccc4-6)ccc32)cc1.c1ccc2c(c1)-c1cccc3c1c-2cc1c2ccccc2[nH]c31. The van der Waals surface area contributed by atoms with Gasteiger partial charge >= 0.3 is 0 Å². The molecule has 23 aromatic rings. The van der Waals surface area contributed by atoms with Crippen molar-refractivity contribution in [3.63, 3.8) is 0 Å². The number of nitrogens with one attached hydrogen (secondary N) is 1. The van der Waals surface area contributed by atoms with Crippen molar-refractivity contribution in [1.82, 2.24) is 23.3 Å². The van der Waals surface area contributed by atoms with Crippen LogP contribution in [0.5, 0.6) is 0 Å². The minimum atomic E-state index is 1.10. The van der Waals surface area contributed by atoms with Crippen LogP contribution in [0.3, 0.4) is 0 Å². The highest BCUT2D eigenvalue weighted by molar-refractivity contribution is 9.10. The number of aromatic amines is 1. The summed E-state index contributed by atoms with van der Waals surface area (Å²) < 4.78 is 12.0. The first-order valence-corrected chi connectivity index (χ1v) is 38.8. The van der Waals surface area contributed by atoms with Crippen molar-refractivity contribution in [2.24, 2.45) is 0 Å². The molecule has 0 bridgehead atoms. The normalized spacial score (nSPS) is 12.3. The summed E-state index contributed by atoms with van der Waals surface area (Å²) in [6, 6.07) is 129. The molecule has 26 rings (SSSR count). The summed E-state index contributed by atoms with van der Waals surface area (Å²) in [6.07, 6.45) is 0. The second kappa shape index (κ2) is 23.1. The predicted octanol–water partition coefficient (Wildman–Crippen LogP) is 29.0. The van der Waals surface area contributed by atoms with Crippen LogP contribution in [0.15, 0.2) is 361 Å². The zero-order valence-electron chi connectivity index (χ0n) is 58.5. The molecule has 5 heterocycles. The third-order valence-electron chi connectivity index (χ3n) is 23.7. The lowest BCUT2D eigenvalue weighted by atomic mass is 9.99. The van der Waals surface area contributed by atoms with E-state index in [1.165, 1.54) is 214 Å². The number of fused-ring (bicyclic) bond motifs is 27. The molecule has 0 fully saturated rings. The van der Waals surface area contributed by atoms with E-state index in [4.69, 9.17) is 0 Å².